The first-order valence-electron chi connectivity index (χ1n) is 9.83. The molecule has 3 N–H and O–H groups in total. The van der Waals surface area contributed by atoms with Crippen LogP contribution in [-0.2, 0) is 12.8 Å². The first-order chi connectivity index (χ1) is 14.5. The van der Waals surface area contributed by atoms with Crippen LogP contribution in [0.25, 0.3) is 21.3 Å². The average Bonchev–Trinajstić information content (AvgIpc) is 3.50. The van der Waals surface area contributed by atoms with Crippen LogP contribution in [0.5, 0.6) is 5.75 Å². The highest BCUT2D eigenvalue weighted by atomic mass is 32.1. The van der Waals surface area contributed by atoms with Crippen LogP contribution in [0.3, 0.4) is 0 Å². The SMILES string of the molecule is COc1c(-c2cc3c(s2)C/C(=N/O)CC3)c(C2CC2)cc2c(=O)c(C(=O)O)c[nH]c12. The maximum Gasteiger partial charge on any atom is 0.341 e. The number of methoxy groups -OCH3 is 1. The van der Waals surface area contributed by atoms with E-state index in [2.05, 4.69) is 16.2 Å². The largest absolute Gasteiger partial charge is 0.494 e. The number of aromatic carboxylic acids is 1. The van der Waals surface area contributed by atoms with Crippen molar-refractivity contribution in [3.8, 4) is 16.2 Å². The summed E-state index contributed by atoms with van der Waals surface area (Å²) >= 11 is 1.66. The van der Waals surface area contributed by atoms with Gasteiger partial charge in [0.1, 0.15) is 5.56 Å². The third kappa shape index (κ3) is 2.90. The van der Waals surface area contributed by atoms with E-state index in [1.54, 1.807) is 18.4 Å². The van der Waals surface area contributed by atoms with Crippen LogP contribution in [0.15, 0.2) is 28.3 Å². The zero-order valence-electron chi connectivity index (χ0n) is 16.3. The summed E-state index contributed by atoms with van der Waals surface area (Å²) in [7, 11) is 1.57. The molecule has 1 fully saturated rings. The van der Waals surface area contributed by atoms with Gasteiger partial charge in [-0.05, 0) is 54.9 Å². The Morgan fingerprint density at radius 1 is 1.30 bits per heavy atom. The Morgan fingerprint density at radius 2 is 2.10 bits per heavy atom. The monoisotopic (exact) mass is 424 g/mol. The molecule has 2 aliphatic carbocycles. The standard InChI is InChI=1S/C22H20N2O5S/c1-29-21-18(17-6-11-4-5-12(24-28)7-16(11)30-17)13(10-2-3-10)8-14-19(21)23-9-15(20(14)25)22(26)27/h6,8-10,28H,2-5,7H2,1H3,(H,23,25)(H,26,27)/b24-12+. The van der Waals surface area contributed by atoms with Gasteiger partial charge in [-0.3, -0.25) is 4.79 Å². The van der Waals surface area contributed by atoms with E-state index in [-0.39, 0.29) is 5.56 Å². The van der Waals surface area contributed by atoms with Gasteiger partial charge in [0, 0.05) is 27.9 Å². The van der Waals surface area contributed by atoms with Gasteiger partial charge in [-0.2, -0.15) is 0 Å². The highest BCUT2D eigenvalue weighted by molar-refractivity contribution is 7.15. The predicted molar refractivity (Wildman–Crippen MR) is 115 cm³/mol. The fourth-order valence-electron chi connectivity index (χ4n) is 4.28. The highest BCUT2D eigenvalue weighted by Crippen LogP contribution is 2.51. The van der Waals surface area contributed by atoms with Crippen LogP contribution in [0.1, 0.15) is 51.5 Å². The summed E-state index contributed by atoms with van der Waals surface area (Å²) in [6, 6.07) is 4.02. The van der Waals surface area contributed by atoms with Crippen molar-refractivity contribution in [3.05, 3.63) is 50.1 Å². The van der Waals surface area contributed by atoms with Crippen molar-refractivity contribution >= 4 is 33.9 Å². The van der Waals surface area contributed by atoms with Crippen LogP contribution < -0.4 is 10.2 Å². The molecule has 1 aromatic carbocycles. The molecule has 8 heteroatoms. The minimum Gasteiger partial charge on any atom is -0.494 e. The highest BCUT2D eigenvalue weighted by Gasteiger charge is 2.32. The second-order valence-electron chi connectivity index (χ2n) is 7.81. The van der Waals surface area contributed by atoms with Gasteiger partial charge in [0.15, 0.2) is 5.75 Å². The van der Waals surface area contributed by atoms with Crippen molar-refractivity contribution in [1.82, 2.24) is 4.98 Å². The number of aromatic nitrogens is 1. The van der Waals surface area contributed by atoms with E-state index in [0.29, 0.717) is 29.0 Å². The number of rotatable bonds is 4. The van der Waals surface area contributed by atoms with E-state index < -0.39 is 11.4 Å². The lowest BCUT2D eigenvalue weighted by molar-refractivity contribution is 0.0695. The summed E-state index contributed by atoms with van der Waals surface area (Å²) < 4.78 is 5.79. The van der Waals surface area contributed by atoms with Gasteiger partial charge in [-0.15, -0.1) is 11.3 Å². The molecule has 2 aromatic heterocycles. The minimum absolute atomic E-state index is 0.276. The number of fused-ring (bicyclic) bond motifs is 2. The normalized spacial score (nSPS) is 17.3. The zero-order chi connectivity index (χ0) is 21.0. The second-order valence-corrected chi connectivity index (χ2v) is 8.95. The molecule has 154 valence electrons. The van der Waals surface area contributed by atoms with Gasteiger partial charge < -0.3 is 20.0 Å². The molecule has 5 rings (SSSR count). The number of pyridine rings is 1. The molecule has 1 saturated carbocycles. The Bertz CT molecular complexity index is 1280. The molecular formula is C22H20N2O5S. The summed E-state index contributed by atoms with van der Waals surface area (Å²) in [5.41, 5.74) is 3.76. The molecule has 0 atom stereocenters. The molecule has 0 amide bonds. The van der Waals surface area contributed by atoms with Gasteiger partial charge in [0.25, 0.3) is 0 Å². The van der Waals surface area contributed by atoms with Crippen LogP contribution in [0.4, 0.5) is 0 Å². The second kappa shape index (κ2) is 6.98. The number of hydrogen-bond acceptors (Lipinski definition) is 6. The molecular weight excluding hydrogens is 404 g/mol. The van der Waals surface area contributed by atoms with Crippen molar-refractivity contribution in [2.75, 3.05) is 7.11 Å². The van der Waals surface area contributed by atoms with Crippen LogP contribution in [0.2, 0.25) is 0 Å². The fraction of sp³-hybridized carbons (Fsp3) is 0.318. The Morgan fingerprint density at radius 3 is 2.77 bits per heavy atom. The molecule has 0 unspecified atom stereocenters. The number of hydrogen-bond donors (Lipinski definition) is 3. The van der Waals surface area contributed by atoms with Gasteiger partial charge in [0.2, 0.25) is 5.43 Å². The van der Waals surface area contributed by atoms with E-state index in [1.807, 2.05) is 6.07 Å². The summed E-state index contributed by atoms with van der Waals surface area (Å²) in [5.74, 6) is -0.348. The summed E-state index contributed by atoms with van der Waals surface area (Å²) in [6.45, 7) is 0. The van der Waals surface area contributed by atoms with Crippen molar-refractivity contribution in [3.63, 3.8) is 0 Å². The summed E-state index contributed by atoms with van der Waals surface area (Å²) in [5, 5.41) is 22.2. The number of carboxylic acids is 1. The van der Waals surface area contributed by atoms with Crippen molar-refractivity contribution in [2.45, 2.75) is 38.0 Å². The number of carbonyl (C=O) groups is 1. The number of thiophene rings is 1. The molecule has 2 aliphatic rings. The average molecular weight is 424 g/mol. The lowest BCUT2D eigenvalue weighted by Crippen LogP contribution is -2.16. The van der Waals surface area contributed by atoms with Gasteiger partial charge in [-0.25, -0.2) is 4.79 Å². The molecule has 2 heterocycles. The molecule has 3 aromatic rings. The maximum absolute atomic E-state index is 12.8. The van der Waals surface area contributed by atoms with Crippen molar-refractivity contribution < 1.29 is 19.8 Å². The van der Waals surface area contributed by atoms with E-state index >= 15 is 0 Å². The molecule has 30 heavy (non-hydrogen) atoms. The van der Waals surface area contributed by atoms with E-state index in [4.69, 9.17) is 9.94 Å². The fourth-order valence-corrected chi connectivity index (χ4v) is 5.59. The number of carboxylic acid groups (broad SMARTS) is 1. The molecule has 0 spiro atoms. The summed E-state index contributed by atoms with van der Waals surface area (Å²) in [6.07, 6.45) is 5.52. The Hall–Kier alpha value is -3.13. The van der Waals surface area contributed by atoms with Crippen LogP contribution >= 0.6 is 11.3 Å². The maximum atomic E-state index is 12.8. The number of benzene rings is 1. The third-order valence-electron chi connectivity index (χ3n) is 5.95. The minimum atomic E-state index is -1.25. The first-order valence-corrected chi connectivity index (χ1v) is 10.6. The van der Waals surface area contributed by atoms with E-state index in [1.165, 1.54) is 16.6 Å². The van der Waals surface area contributed by atoms with Crippen LogP contribution in [0, 0.1) is 0 Å². The molecule has 7 nitrogen and oxygen atoms in total. The Balaban J connectivity index is 1.77. The van der Waals surface area contributed by atoms with Crippen LogP contribution in [-0.4, -0.2) is 34.1 Å². The number of aryl methyl sites for hydroxylation is 1. The quantitative estimate of drug-likeness (QED) is 0.430. The van der Waals surface area contributed by atoms with Crippen molar-refractivity contribution in [2.24, 2.45) is 5.16 Å². The van der Waals surface area contributed by atoms with E-state index in [0.717, 1.165) is 47.4 Å². The molecule has 0 aliphatic heterocycles. The number of aromatic amines is 1. The number of nitrogens with one attached hydrogen (secondary N) is 1. The topological polar surface area (TPSA) is 112 Å². The van der Waals surface area contributed by atoms with Gasteiger partial charge in [-0.1, -0.05) is 5.16 Å². The first kappa shape index (κ1) is 18.9. The Kier molecular flexibility index (Phi) is 4.39. The number of H-pyrrole nitrogens is 1. The zero-order valence-corrected chi connectivity index (χ0v) is 17.1. The molecule has 0 bridgehead atoms. The van der Waals surface area contributed by atoms with Gasteiger partial charge in [0.05, 0.1) is 23.7 Å². The predicted octanol–water partition coefficient (Wildman–Crippen LogP) is 4.16. The van der Waals surface area contributed by atoms with Gasteiger partial charge >= 0.3 is 5.97 Å². The Labute approximate surface area is 175 Å². The summed E-state index contributed by atoms with van der Waals surface area (Å²) in [4.78, 5) is 29.5. The number of oxime groups is 1. The number of ether oxygens (including phenoxy) is 1. The molecule has 0 radical (unpaired) electrons. The van der Waals surface area contributed by atoms with Crippen molar-refractivity contribution in [1.29, 1.82) is 0 Å². The lowest BCUT2D eigenvalue weighted by atomic mass is 9.94. The third-order valence-corrected chi connectivity index (χ3v) is 7.14. The number of nitrogens with zero attached hydrogens (tertiary/aromatic N) is 1. The lowest BCUT2D eigenvalue weighted by Gasteiger charge is -2.16. The smallest absolute Gasteiger partial charge is 0.341 e. The molecule has 0 saturated heterocycles. The van der Waals surface area contributed by atoms with E-state index in [9.17, 15) is 14.7 Å².